The molecule has 7 nitrogen and oxygen atoms in total. The summed E-state index contributed by atoms with van der Waals surface area (Å²) in [5.41, 5.74) is 2.89. The fourth-order valence-corrected chi connectivity index (χ4v) is 3.93. The third-order valence-electron chi connectivity index (χ3n) is 4.58. The molecule has 0 aliphatic rings. The molecule has 3 aromatic carbocycles. The van der Waals surface area contributed by atoms with Crippen molar-refractivity contribution < 1.29 is 17.3 Å². The Kier molecular flexibility index (Phi) is 5.43. The summed E-state index contributed by atoms with van der Waals surface area (Å²) >= 11 is 0. The van der Waals surface area contributed by atoms with Gasteiger partial charge in [0, 0.05) is 36.6 Å². The van der Waals surface area contributed by atoms with E-state index in [1.54, 1.807) is 24.3 Å². The second kappa shape index (κ2) is 8.19. The lowest BCUT2D eigenvalue weighted by Gasteiger charge is -2.11. The van der Waals surface area contributed by atoms with Crippen molar-refractivity contribution in [2.75, 3.05) is 23.7 Å². The Morgan fingerprint density at radius 3 is 2.10 bits per heavy atom. The van der Waals surface area contributed by atoms with Crippen molar-refractivity contribution in [3.05, 3.63) is 78.6 Å². The normalized spacial score (nSPS) is 11.3. The van der Waals surface area contributed by atoms with Crippen LogP contribution in [0.15, 0.2) is 82.2 Å². The first kappa shape index (κ1) is 20.5. The van der Waals surface area contributed by atoms with Gasteiger partial charge in [0.25, 0.3) is 15.9 Å². The fourth-order valence-electron chi connectivity index (χ4n) is 2.88. The van der Waals surface area contributed by atoms with E-state index in [1.165, 1.54) is 12.1 Å². The zero-order chi connectivity index (χ0) is 22.0. The second-order valence-electron chi connectivity index (χ2n) is 7.00. The van der Waals surface area contributed by atoms with Gasteiger partial charge in [-0.05, 0) is 72.8 Å². The summed E-state index contributed by atoms with van der Waals surface area (Å²) < 4.78 is 45.7. The van der Waals surface area contributed by atoms with Gasteiger partial charge in [0.05, 0.1) is 4.90 Å². The van der Waals surface area contributed by atoms with Gasteiger partial charge >= 0.3 is 0 Å². The topological polar surface area (TPSA) is 88.3 Å². The number of nitrogens with one attached hydrogen (secondary N) is 1. The average Bonchev–Trinajstić information content (AvgIpc) is 3.25. The molecule has 0 saturated carbocycles. The summed E-state index contributed by atoms with van der Waals surface area (Å²) in [6, 6.07) is 18.9. The predicted molar refractivity (Wildman–Crippen MR) is 117 cm³/mol. The first-order valence-electron chi connectivity index (χ1n) is 9.32. The predicted octanol–water partition coefficient (Wildman–Crippen LogP) is 4.41. The third kappa shape index (κ3) is 4.56. The standard InChI is InChI=1S/C22H19FN4O3S/c1-27(2)19-11-5-16(6-12-19)22-24-21(25-30-22)15-3-9-18(10-4-15)26-31(28,29)20-13-7-17(23)8-14-20/h3-14,26H,1-2H3. The van der Waals surface area contributed by atoms with Gasteiger partial charge in [-0.15, -0.1) is 0 Å². The quantitative estimate of drug-likeness (QED) is 0.480. The zero-order valence-corrected chi connectivity index (χ0v) is 17.6. The van der Waals surface area contributed by atoms with E-state index in [-0.39, 0.29) is 4.90 Å². The van der Waals surface area contributed by atoms with Gasteiger partial charge in [-0.2, -0.15) is 4.98 Å². The number of benzene rings is 3. The van der Waals surface area contributed by atoms with Crippen molar-refractivity contribution in [2.24, 2.45) is 0 Å². The van der Waals surface area contributed by atoms with Crippen LogP contribution in [0.25, 0.3) is 22.8 Å². The summed E-state index contributed by atoms with van der Waals surface area (Å²) in [6.07, 6.45) is 0. The van der Waals surface area contributed by atoms with Gasteiger partial charge in [-0.1, -0.05) is 5.16 Å². The minimum Gasteiger partial charge on any atom is -0.378 e. The van der Waals surface area contributed by atoms with Crippen LogP contribution in [0.1, 0.15) is 0 Å². The number of hydrogen-bond donors (Lipinski definition) is 1. The van der Waals surface area contributed by atoms with Gasteiger partial charge in [0.15, 0.2) is 0 Å². The van der Waals surface area contributed by atoms with Crippen molar-refractivity contribution in [1.82, 2.24) is 10.1 Å². The Hall–Kier alpha value is -3.72. The van der Waals surface area contributed by atoms with E-state index in [2.05, 4.69) is 14.9 Å². The maximum Gasteiger partial charge on any atom is 0.261 e. The van der Waals surface area contributed by atoms with Crippen LogP contribution in [0.3, 0.4) is 0 Å². The molecule has 1 heterocycles. The lowest BCUT2D eigenvalue weighted by Crippen LogP contribution is -2.12. The monoisotopic (exact) mass is 438 g/mol. The number of halogens is 1. The Bertz CT molecular complexity index is 1280. The molecule has 9 heteroatoms. The molecule has 1 N–H and O–H groups in total. The van der Waals surface area contributed by atoms with Gasteiger partial charge in [-0.3, -0.25) is 4.72 Å². The van der Waals surface area contributed by atoms with Crippen LogP contribution in [0.5, 0.6) is 0 Å². The number of sulfonamides is 1. The molecule has 0 spiro atoms. The van der Waals surface area contributed by atoms with E-state index in [9.17, 15) is 12.8 Å². The Balaban J connectivity index is 1.50. The summed E-state index contributed by atoms with van der Waals surface area (Å²) in [5.74, 6) is 0.275. The molecule has 4 rings (SSSR count). The molecule has 1 aromatic heterocycles. The van der Waals surface area contributed by atoms with E-state index in [4.69, 9.17) is 4.52 Å². The number of anilines is 2. The summed E-state index contributed by atoms with van der Waals surface area (Å²) in [7, 11) is 0.104. The molecule has 31 heavy (non-hydrogen) atoms. The number of hydrogen-bond acceptors (Lipinski definition) is 6. The smallest absolute Gasteiger partial charge is 0.261 e. The molecule has 4 aromatic rings. The van der Waals surface area contributed by atoms with Gasteiger partial charge in [0.1, 0.15) is 5.82 Å². The van der Waals surface area contributed by atoms with E-state index < -0.39 is 15.8 Å². The van der Waals surface area contributed by atoms with Crippen LogP contribution < -0.4 is 9.62 Å². The van der Waals surface area contributed by atoms with E-state index >= 15 is 0 Å². The van der Waals surface area contributed by atoms with Crippen molar-refractivity contribution in [1.29, 1.82) is 0 Å². The molecule has 0 atom stereocenters. The highest BCUT2D eigenvalue weighted by atomic mass is 32.2. The number of rotatable bonds is 6. The van der Waals surface area contributed by atoms with Gasteiger partial charge in [0.2, 0.25) is 5.82 Å². The molecule has 158 valence electrons. The highest BCUT2D eigenvalue weighted by molar-refractivity contribution is 7.92. The third-order valence-corrected chi connectivity index (χ3v) is 5.97. The molecule has 0 bridgehead atoms. The van der Waals surface area contributed by atoms with E-state index in [0.717, 1.165) is 23.4 Å². The molecule has 0 aliphatic heterocycles. The Labute approximate surface area is 179 Å². The molecule has 0 unspecified atom stereocenters. The van der Waals surface area contributed by atoms with E-state index in [0.29, 0.717) is 23.0 Å². The van der Waals surface area contributed by atoms with Crippen LogP contribution in [0.2, 0.25) is 0 Å². The lowest BCUT2D eigenvalue weighted by atomic mass is 10.2. The Morgan fingerprint density at radius 2 is 1.48 bits per heavy atom. The van der Waals surface area contributed by atoms with Crippen molar-refractivity contribution in [3.63, 3.8) is 0 Å². The summed E-state index contributed by atoms with van der Waals surface area (Å²) in [6.45, 7) is 0. The lowest BCUT2D eigenvalue weighted by molar-refractivity contribution is 0.432. The molecule has 0 saturated heterocycles. The Morgan fingerprint density at radius 1 is 0.871 bits per heavy atom. The van der Waals surface area contributed by atoms with Crippen molar-refractivity contribution in [2.45, 2.75) is 4.90 Å². The highest BCUT2D eigenvalue weighted by Gasteiger charge is 2.15. The maximum atomic E-state index is 13.0. The van der Waals surface area contributed by atoms with Crippen molar-refractivity contribution in [3.8, 4) is 22.8 Å². The van der Waals surface area contributed by atoms with Crippen LogP contribution in [-0.2, 0) is 10.0 Å². The SMILES string of the molecule is CN(C)c1ccc(-c2nc(-c3ccc(NS(=O)(=O)c4ccc(F)cc4)cc3)no2)cc1. The second-order valence-corrected chi connectivity index (χ2v) is 8.68. The molecule has 0 fully saturated rings. The molecular formula is C22H19FN4O3S. The van der Waals surface area contributed by atoms with Crippen LogP contribution >= 0.6 is 0 Å². The number of aromatic nitrogens is 2. The largest absolute Gasteiger partial charge is 0.378 e. The number of nitrogens with zero attached hydrogens (tertiary/aromatic N) is 3. The summed E-state index contributed by atoms with van der Waals surface area (Å²) in [4.78, 5) is 6.39. The van der Waals surface area contributed by atoms with Crippen LogP contribution in [0.4, 0.5) is 15.8 Å². The average molecular weight is 438 g/mol. The minimum absolute atomic E-state index is 0.0268. The first-order chi connectivity index (χ1) is 14.8. The van der Waals surface area contributed by atoms with Gasteiger partial charge in [-0.25, -0.2) is 12.8 Å². The molecular weight excluding hydrogens is 419 g/mol. The fraction of sp³-hybridized carbons (Fsp3) is 0.0909. The van der Waals surface area contributed by atoms with Gasteiger partial charge < -0.3 is 9.42 Å². The molecule has 0 amide bonds. The molecule has 0 radical (unpaired) electrons. The highest BCUT2D eigenvalue weighted by Crippen LogP contribution is 2.25. The first-order valence-corrected chi connectivity index (χ1v) is 10.8. The maximum absolute atomic E-state index is 13.0. The van der Waals surface area contributed by atoms with Crippen molar-refractivity contribution >= 4 is 21.4 Å². The van der Waals surface area contributed by atoms with E-state index in [1.807, 2.05) is 43.3 Å². The zero-order valence-electron chi connectivity index (χ0n) is 16.8. The molecule has 0 aliphatic carbocycles. The van der Waals surface area contributed by atoms with Crippen LogP contribution in [-0.4, -0.2) is 32.7 Å². The van der Waals surface area contributed by atoms with Crippen LogP contribution in [0, 0.1) is 5.82 Å². The summed E-state index contributed by atoms with van der Waals surface area (Å²) in [5, 5.41) is 4.01. The minimum atomic E-state index is -3.82.